The number of amides is 2. The molecule has 0 spiro atoms. The highest BCUT2D eigenvalue weighted by Gasteiger charge is 2.27. The van der Waals surface area contributed by atoms with Crippen molar-refractivity contribution in [2.45, 2.75) is 39.2 Å². The van der Waals surface area contributed by atoms with Crippen LogP contribution in [0.4, 0.5) is 5.69 Å². The second kappa shape index (κ2) is 7.29. The fourth-order valence-electron chi connectivity index (χ4n) is 2.96. The van der Waals surface area contributed by atoms with Crippen LogP contribution in [-0.4, -0.2) is 30.9 Å². The molecule has 22 heavy (non-hydrogen) atoms. The largest absolute Gasteiger partial charge is 0.369 e. The number of anilines is 1. The van der Waals surface area contributed by atoms with Gasteiger partial charge in [0.1, 0.15) is 0 Å². The van der Waals surface area contributed by atoms with Crippen molar-refractivity contribution in [1.82, 2.24) is 5.32 Å². The Morgan fingerprint density at radius 3 is 2.82 bits per heavy atom. The average molecular weight is 303 g/mol. The number of primary amides is 1. The molecule has 0 bridgehead atoms. The summed E-state index contributed by atoms with van der Waals surface area (Å²) in [5.74, 6) is -0.242. The van der Waals surface area contributed by atoms with Crippen LogP contribution in [-0.2, 0) is 4.79 Å². The van der Waals surface area contributed by atoms with E-state index in [9.17, 15) is 9.59 Å². The van der Waals surface area contributed by atoms with Gasteiger partial charge in [-0.05, 0) is 25.0 Å². The monoisotopic (exact) mass is 303 g/mol. The van der Waals surface area contributed by atoms with Crippen molar-refractivity contribution in [3.8, 4) is 0 Å². The number of carbonyl (C=O) groups excluding carboxylic acids is 2. The average Bonchev–Trinajstić information content (AvgIpc) is 2.95. The number of hydrogen-bond acceptors (Lipinski definition) is 3. The minimum Gasteiger partial charge on any atom is -0.369 e. The Hall–Kier alpha value is -2.04. The van der Waals surface area contributed by atoms with Gasteiger partial charge >= 0.3 is 0 Å². The van der Waals surface area contributed by atoms with E-state index in [-0.39, 0.29) is 17.9 Å². The third-order valence-corrected chi connectivity index (χ3v) is 4.21. The van der Waals surface area contributed by atoms with Crippen LogP contribution in [0.2, 0.25) is 0 Å². The quantitative estimate of drug-likeness (QED) is 0.843. The highest BCUT2D eigenvalue weighted by Crippen LogP contribution is 2.24. The number of nitrogens with zero attached hydrogens (tertiary/aromatic N) is 1. The summed E-state index contributed by atoms with van der Waals surface area (Å²) in [6.07, 6.45) is 2.81. The molecule has 3 N–H and O–H groups in total. The van der Waals surface area contributed by atoms with E-state index in [0.29, 0.717) is 5.56 Å². The van der Waals surface area contributed by atoms with E-state index in [2.05, 4.69) is 17.1 Å². The number of carbonyl (C=O) groups is 2. The summed E-state index contributed by atoms with van der Waals surface area (Å²) in [5, 5.41) is 3.12. The lowest BCUT2D eigenvalue weighted by Gasteiger charge is -2.21. The summed E-state index contributed by atoms with van der Waals surface area (Å²) in [7, 11) is 0. The lowest BCUT2D eigenvalue weighted by Crippen LogP contribution is -2.40. The molecule has 1 aliphatic rings. The third-order valence-electron chi connectivity index (χ3n) is 4.21. The van der Waals surface area contributed by atoms with Gasteiger partial charge in [-0.15, -0.1) is 0 Å². The maximum absolute atomic E-state index is 12.1. The molecule has 0 aromatic heterocycles. The predicted molar refractivity (Wildman–Crippen MR) is 87.8 cm³/mol. The van der Waals surface area contributed by atoms with Crippen molar-refractivity contribution in [3.05, 3.63) is 29.8 Å². The zero-order valence-corrected chi connectivity index (χ0v) is 13.3. The number of nitrogens with one attached hydrogen (secondary N) is 1. The molecule has 1 aliphatic heterocycles. The molecule has 1 fully saturated rings. The SMILES string of the molecule is CCC[C@H](C)C(=O)N[C@H]1CCN(c2ccccc2C(N)=O)C1. The van der Waals surface area contributed by atoms with Crippen LogP contribution in [0.3, 0.4) is 0 Å². The van der Waals surface area contributed by atoms with E-state index in [1.54, 1.807) is 6.07 Å². The summed E-state index contributed by atoms with van der Waals surface area (Å²) in [6, 6.07) is 7.49. The molecule has 2 atom stereocenters. The van der Waals surface area contributed by atoms with Crippen molar-refractivity contribution in [2.24, 2.45) is 11.7 Å². The first-order valence-electron chi connectivity index (χ1n) is 7.97. The molecule has 0 unspecified atom stereocenters. The van der Waals surface area contributed by atoms with Gasteiger partial charge in [-0.1, -0.05) is 32.4 Å². The third kappa shape index (κ3) is 3.78. The van der Waals surface area contributed by atoms with Gasteiger partial charge in [-0.2, -0.15) is 0 Å². The van der Waals surface area contributed by atoms with Crippen LogP contribution >= 0.6 is 0 Å². The van der Waals surface area contributed by atoms with Crippen LogP contribution in [0.1, 0.15) is 43.5 Å². The normalized spacial score (nSPS) is 19.0. The van der Waals surface area contributed by atoms with Crippen LogP contribution in [0.15, 0.2) is 24.3 Å². The molecule has 5 heteroatoms. The van der Waals surface area contributed by atoms with Crippen LogP contribution in [0.25, 0.3) is 0 Å². The molecule has 2 amide bonds. The van der Waals surface area contributed by atoms with E-state index in [0.717, 1.165) is 38.0 Å². The summed E-state index contributed by atoms with van der Waals surface area (Å²) in [5.41, 5.74) is 6.83. The Morgan fingerprint density at radius 1 is 1.41 bits per heavy atom. The van der Waals surface area contributed by atoms with Gasteiger partial charge in [0.2, 0.25) is 5.91 Å². The van der Waals surface area contributed by atoms with Gasteiger partial charge in [0.25, 0.3) is 5.91 Å². The summed E-state index contributed by atoms with van der Waals surface area (Å²) in [6.45, 7) is 5.59. The summed E-state index contributed by atoms with van der Waals surface area (Å²) >= 11 is 0. The van der Waals surface area contributed by atoms with E-state index >= 15 is 0 Å². The van der Waals surface area contributed by atoms with E-state index < -0.39 is 5.91 Å². The molecular formula is C17H25N3O2. The highest BCUT2D eigenvalue weighted by molar-refractivity contribution is 5.98. The Bertz CT molecular complexity index is 544. The van der Waals surface area contributed by atoms with Crippen molar-refractivity contribution in [2.75, 3.05) is 18.0 Å². The number of rotatable bonds is 6. The maximum atomic E-state index is 12.1. The zero-order chi connectivity index (χ0) is 16.1. The van der Waals surface area contributed by atoms with Gasteiger partial charge in [-0.25, -0.2) is 0 Å². The summed E-state index contributed by atoms with van der Waals surface area (Å²) < 4.78 is 0. The number of benzene rings is 1. The van der Waals surface area contributed by atoms with Gasteiger partial charge in [0.05, 0.1) is 5.56 Å². The van der Waals surface area contributed by atoms with Gasteiger partial charge in [0.15, 0.2) is 0 Å². The molecule has 0 aliphatic carbocycles. The fourth-order valence-corrected chi connectivity index (χ4v) is 2.96. The van der Waals surface area contributed by atoms with Crippen molar-refractivity contribution >= 4 is 17.5 Å². The molecule has 120 valence electrons. The topological polar surface area (TPSA) is 75.4 Å². The summed E-state index contributed by atoms with van der Waals surface area (Å²) in [4.78, 5) is 25.7. The van der Waals surface area contributed by atoms with E-state index in [1.807, 2.05) is 25.1 Å². The van der Waals surface area contributed by atoms with Gasteiger partial charge in [0, 0.05) is 30.7 Å². The van der Waals surface area contributed by atoms with E-state index in [4.69, 9.17) is 5.73 Å². The van der Waals surface area contributed by atoms with E-state index in [1.165, 1.54) is 0 Å². The molecular weight excluding hydrogens is 278 g/mol. The minimum absolute atomic E-state index is 0.0527. The molecule has 1 aromatic carbocycles. The second-order valence-corrected chi connectivity index (χ2v) is 6.01. The first kappa shape index (κ1) is 16.3. The molecule has 2 rings (SSSR count). The van der Waals surface area contributed by atoms with Crippen LogP contribution in [0.5, 0.6) is 0 Å². The number of hydrogen-bond donors (Lipinski definition) is 2. The predicted octanol–water partition coefficient (Wildman–Crippen LogP) is 1.92. The molecule has 5 nitrogen and oxygen atoms in total. The Morgan fingerprint density at radius 2 is 2.14 bits per heavy atom. The second-order valence-electron chi connectivity index (χ2n) is 6.01. The number of nitrogens with two attached hydrogens (primary N) is 1. The molecule has 1 aromatic rings. The van der Waals surface area contributed by atoms with Crippen LogP contribution in [0, 0.1) is 5.92 Å². The molecule has 0 radical (unpaired) electrons. The van der Waals surface area contributed by atoms with Crippen molar-refractivity contribution in [3.63, 3.8) is 0 Å². The highest BCUT2D eigenvalue weighted by atomic mass is 16.2. The standard InChI is InChI=1S/C17H25N3O2/c1-3-6-12(2)17(22)19-13-9-10-20(11-13)15-8-5-4-7-14(15)16(18)21/h4-5,7-8,12-13H,3,6,9-11H2,1-2H3,(H2,18,21)(H,19,22)/t12-,13-/m0/s1. The fraction of sp³-hybridized carbons (Fsp3) is 0.529. The number of para-hydroxylation sites is 1. The lowest BCUT2D eigenvalue weighted by molar-refractivity contribution is -0.125. The van der Waals surface area contributed by atoms with Gasteiger partial charge in [-0.3, -0.25) is 9.59 Å². The first-order chi connectivity index (χ1) is 10.5. The van der Waals surface area contributed by atoms with Crippen LogP contribution < -0.4 is 16.0 Å². The van der Waals surface area contributed by atoms with Crippen molar-refractivity contribution < 1.29 is 9.59 Å². The molecule has 1 saturated heterocycles. The maximum Gasteiger partial charge on any atom is 0.250 e. The molecule has 0 saturated carbocycles. The zero-order valence-electron chi connectivity index (χ0n) is 13.3. The van der Waals surface area contributed by atoms with Gasteiger partial charge < -0.3 is 16.0 Å². The lowest BCUT2D eigenvalue weighted by atomic mass is 10.0. The molecule has 1 heterocycles. The van der Waals surface area contributed by atoms with Crippen molar-refractivity contribution in [1.29, 1.82) is 0 Å². The smallest absolute Gasteiger partial charge is 0.250 e. The minimum atomic E-state index is -0.417. The Balaban J connectivity index is 1.99. The Kier molecular flexibility index (Phi) is 5.41. The first-order valence-corrected chi connectivity index (χ1v) is 7.97. The Labute approximate surface area is 131 Å².